The Balaban J connectivity index is 2.00. The van der Waals surface area contributed by atoms with Crippen LogP contribution in [0.3, 0.4) is 0 Å². The number of piperidine rings is 1. The average Bonchev–Trinajstić information content (AvgIpc) is 2.52. The molecule has 1 saturated heterocycles. The number of aryl methyl sites for hydroxylation is 1. The summed E-state index contributed by atoms with van der Waals surface area (Å²) in [6.07, 6.45) is 1.85. The van der Waals surface area contributed by atoms with Gasteiger partial charge in [0.1, 0.15) is 6.04 Å². The van der Waals surface area contributed by atoms with Gasteiger partial charge in [0, 0.05) is 24.3 Å². The molecule has 1 unspecified atom stereocenters. The van der Waals surface area contributed by atoms with Crippen molar-refractivity contribution >= 4 is 29.2 Å². The van der Waals surface area contributed by atoms with Crippen molar-refractivity contribution in [3.05, 3.63) is 23.8 Å². The van der Waals surface area contributed by atoms with Crippen LogP contribution in [-0.2, 0) is 9.59 Å². The highest BCUT2D eigenvalue weighted by atomic mass is 16.2. The van der Waals surface area contributed by atoms with E-state index in [-0.39, 0.29) is 11.8 Å². The van der Waals surface area contributed by atoms with Crippen molar-refractivity contribution < 1.29 is 14.4 Å². The highest BCUT2D eigenvalue weighted by molar-refractivity contribution is 5.96. The molecule has 23 heavy (non-hydrogen) atoms. The van der Waals surface area contributed by atoms with Gasteiger partial charge in [-0.05, 0) is 37.5 Å². The number of hydrogen-bond acceptors (Lipinski definition) is 3. The third kappa shape index (κ3) is 4.70. The predicted octanol–water partition coefficient (Wildman–Crippen LogP) is 1.74. The second-order valence-corrected chi connectivity index (χ2v) is 5.52. The summed E-state index contributed by atoms with van der Waals surface area (Å²) >= 11 is 0. The molecule has 0 aromatic heterocycles. The van der Waals surface area contributed by atoms with Crippen LogP contribution in [-0.4, -0.2) is 30.4 Å². The fraction of sp³-hybridized carbons (Fsp3) is 0.438. The van der Waals surface area contributed by atoms with E-state index in [9.17, 15) is 14.4 Å². The minimum atomic E-state index is -0.507. The smallest absolute Gasteiger partial charge is 0.319 e. The fourth-order valence-corrected chi connectivity index (χ4v) is 2.31. The van der Waals surface area contributed by atoms with E-state index in [1.807, 2.05) is 13.0 Å². The maximum absolute atomic E-state index is 12.1. The van der Waals surface area contributed by atoms with Gasteiger partial charge >= 0.3 is 6.03 Å². The van der Waals surface area contributed by atoms with Crippen molar-refractivity contribution in [2.24, 2.45) is 0 Å². The second kappa shape index (κ2) is 7.62. The summed E-state index contributed by atoms with van der Waals surface area (Å²) in [6.45, 7) is 4.27. The Morgan fingerprint density at radius 1 is 1.30 bits per heavy atom. The zero-order chi connectivity index (χ0) is 16.8. The van der Waals surface area contributed by atoms with Crippen LogP contribution in [0.1, 0.15) is 31.7 Å². The van der Waals surface area contributed by atoms with Crippen LogP contribution >= 0.6 is 0 Å². The Kier molecular flexibility index (Phi) is 5.56. The number of benzene rings is 1. The highest BCUT2D eigenvalue weighted by Crippen LogP contribution is 2.20. The van der Waals surface area contributed by atoms with Crippen molar-refractivity contribution in [2.75, 3.05) is 17.2 Å². The van der Waals surface area contributed by atoms with E-state index >= 15 is 0 Å². The third-order valence-electron chi connectivity index (χ3n) is 3.68. The molecule has 1 aliphatic heterocycles. The van der Waals surface area contributed by atoms with Crippen molar-refractivity contribution in [2.45, 2.75) is 39.2 Å². The van der Waals surface area contributed by atoms with Gasteiger partial charge in [-0.2, -0.15) is 0 Å². The maximum Gasteiger partial charge on any atom is 0.319 e. The van der Waals surface area contributed by atoms with E-state index in [0.29, 0.717) is 30.8 Å². The molecule has 7 nitrogen and oxygen atoms in total. The van der Waals surface area contributed by atoms with Crippen LogP contribution in [0.25, 0.3) is 0 Å². The van der Waals surface area contributed by atoms with Gasteiger partial charge in [0.25, 0.3) is 0 Å². The van der Waals surface area contributed by atoms with Gasteiger partial charge in [-0.25, -0.2) is 4.79 Å². The first kappa shape index (κ1) is 16.8. The van der Waals surface area contributed by atoms with Gasteiger partial charge < -0.3 is 21.3 Å². The molecule has 4 amide bonds. The minimum Gasteiger partial charge on any atom is -0.354 e. The normalized spacial score (nSPS) is 17.1. The molecular formula is C16H22N4O3. The Morgan fingerprint density at radius 3 is 2.78 bits per heavy atom. The molecule has 4 N–H and O–H groups in total. The van der Waals surface area contributed by atoms with Crippen LogP contribution in [0.4, 0.5) is 16.2 Å². The number of nitrogens with one attached hydrogen (secondary N) is 4. The largest absolute Gasteiger partial charge is 0.354 e. The number of urea groups is 1. The molecule has 0 radical (unpaired) electrons. The van der Waals surface area contributed by atoms with Crippen LogP contribution in [0.5, 0.6) is 0 Å². The lowest BCUT2D eigenvalue weighted by atomic mass is 10.1. The summed E-state index contributed by atoms with van der Waals surface area (Å²) in [7, 11) is 0. The number of carbonyl (C=O) groups excluding carboxylic acids is 3. The summed E-state index contributed by atoms with van der Waals surface area (Å²) in [6, 6.07) is 4.35. The van der Waals surface area contributed by atoms with Crippen LogP contribution in [0, 0.1) is 6.92 Å². The third-order valence-corrected chi connectivity index (χ3v) is 3.68. The molecule has 0 spiro atoms. The van der Waals surface area contributed by atoms with E-state index in [2.05, 4.69) is 21.3 Å². The second-order valence-electron chi connectivity index (χ2n) is 5.52. The van der Waals surface area contributed by atoms with E-state index in [0.717, 1.165) is 12.0 Å². The molecule has 0 aliphatic carbocycles. The molecule has 124 valence electrons. The fourth-order valence-electron chi connectivity index (χ4n) is 2.31. The van der Waals surface area contributed by atoms with Crippen LogP contribution in [0.15, 0.2) is 18.2 Å². The zero-order valence-corrected chi connectivity index (χ0v) is 13.4. The lowest BCUT2D eigenvalue weighted by Crippen LogP contribution is -2.51. The molecule has 1 aliphatic rings. The SMILES string of the molecule is CCC(=O)Nc1ccc(C)c(NC(=O)NC2CCCNC2=O)c1. The monoisotopic (exact) mass is 318 g/mol. The van der Waals surface area contributed by atoms with Crippen LogP contribution < -0.4 is 21.3 Å². The zero-order valence-electron chi connectivity index (χ0n) is 13.4. The molecule has 1 atom stereocenters. The summed E-state index contributed by atoms with van der Waals surface area (Å²) in [5.74, 6) is -0.254. The Hall–Kier alpha value is -2.57. The molecule has 1 heterocycles. The minimum absolute atomic E-state index is 0.0943. The predicted molar refractivity (Wildman–Crippen MR) is 88.3 cm³/mol. The van der Waals surface area contributed by atoms with E-state index in [4.69, 9.17) is 0 Å². The van der Waals surface area contributed by atoms with Crippen molar-refractivity contribution in [3.63, 3.8) is 0 Å². The van der Waals surface area contributed by atoms with E-state index in [1.165, 1.54) is 0 Å². The standard InChI is InChI=1S/C16H22N4O3/c1-3-14(21)18-11-7-6-10(2)13(9-11)20-16(23)19-12-5-4-8-17-15(12)22/h6-7,9,12H,3-5,8H2,1-2H3,(H,17,22)(H,18,21)(H2,19,20,23). The average molecular weight is 318 g/mol. The molecule has 0 bridgehead atoms. The van der Waals surface area contributed by atoms with Gasteiger partial charge in [0.05, 0.1) is 0 Å². The van der Waals surface area contributed by atoms with E-state index < -0.39 is 12.1 Å². The van der Waals surface area contributed by atoms with Crippen molar-refractivity contribution in [1.82, 2.24) is 10.6 Å². The lowest BCUT2D eigenvalue weighted by molar-refractivity contribution is -0.124. The molecule has 7 heteroatoms. The van der Waals surface area contributed by atoms with Gasteiger partial charge in [-0.15, -0.1) is 0 Å². The topological polar surface area (TPSA) is 99.3 Å². The molecule has 1 aromatic rings. The van der Waals surface area contributed by atoms with Gasteiger partial charge in [-0.3, -0.25) is 9.59 Å². The highest BCUT2D eigenvalue weighted by Gasteiger charge is 2.23. The summed E-state index contributed by atoms with van der Waals surface area (Å²) in [4.78, 5) is 35.2. The first-order valence-corrected chi connectivity index (χ1v) is 7.75. The van der Waals surface area contributed by atoms with Gasteiger partial charge in [0.15, 0.2) is 0 Å². The quantitative estimate of drug-likeness (QED) is 0.680. The van der Waals surface area contributed by atoms with Crippen LogP contribution in [0.2, 0.25) is 0 Å². The first-order chi connectivity index (χ1) is 11.0. The number of carbonyl (C=O) groups is 3. The number of amides is 4. The Labute approximate surface area is 135 Å². The first-order valence-electron chi connectivity index (χ1n) is 7.75. The summed E-state index contributed by atoms with van der Waals surface area (Å²) in [5, 5.41) is 10.9. The number of hydrogen-bond donors (Lipinski definition) is 4. The molecule has 1 aromatic carbocycles. The lowest BCUT2D eigenvalue weighted by Gasteiger charge is -2.23. The molecule has 2 rings (SSSR count). The molecule has 0 saturated carbocycles. The Morgan fingerprint density at radius 2 is 2.09 bits per heavy atom. The molecule has 1 fully saturated rings. The Bertz CT molecular complexity index is 615. The van der Waals surface area contributed by atoms with Gasteiger partial charge in [0.2, 0.25) is 11.8 Å². The molecular weight excluding hydrogens is 296 g/mol. The number of rotatable bonds is 4. The summed E-state index contributed by atoms with van der Waals surface area (Å²) in [5.41, 5.74) is 2.07. The number of anilines is 2. The van der Waals surface area contributed by atoms with Crippen molar-refractivity contribution in [1.29, 1.82) is 0 Å². The van der Waals surface area contributed by atoms with E-state index in [1.54, 1.807) is 19.1 Å². The summed E-state index contributed by atoms with van der Waals surface area (Å²) < 4.78 is 0. The van der Waals surface area contributed by atoms with Gasteiger partial charge in [-0.1, -0.05) is 13.0 Å². The van der Waals surface area contributed by atoms with Crippen molar-refractivity contribution in [3.8, 4) is 0 Å². The maximum atomic E-state index is 12.1.